The van der Waals surface area contributed by atoms with Crippen LogP contribution in [0.1, 0.15) is 13.3 Å². The van der Waals surface area contributed by atoms with Crippen molar-refractivity contribution in [1.82, 2.24) is 0 Å². The predicted molar refractivity (Wildman–Crippen MR) is 76.6 cm³/mol. The zero-order chi connectivity index (χ0) is 15.4. The van der Waals surface area contributed by atoms with Crippen LogP contribution in [0, 0.1) is 16.0 Å². The number of hydrogen-bond acceptors (Lipinski definition) is 6. The first-order valence-corrected chi connectivity index (χ1v) is 6.80. The van der Waals surface area contributed by atoms with Crippen molar-refractivity contribution in [3.63, 3.8) is 0 Å². The Bertz CT molecular complexity index is 546. The molecule has 1 saturated heterocycles. The minimum Gasteiger partial charge on any atom is -0.487 e. The molecule has 1 aromatic rings. The fourth-order valence-corrected chi connectivity index (χ4v) is 2.48. The van der Waals surface area contributed by atoms with Gasteiger partial charge in [0.05, 0.1) is 24.6 Å². The van der Waals surface area contributed by atoms with E-state index in [0.29, 0.717) is 26.1 Å². The molecule has 0 N–H and O–H groups in total. The van der Waals surface area contributed by atoms with Crippen LogP contribution in [0.15, 0.2) is 18.2 Å². The van der Waals surface area contributed by atoms with E-state index in [-0.39, 0.29) is 23.3 Å². The maximum atomic E-state index is 11.5. The zero-order valence-electron chi connectivity index (χ0n) is 12.1. The number of hydrogen-bond donors (Lipinski definition) is 0. The molecule has 1 aliphatic heterocycles. The summed E-state index contributed by atoms with van der Waals surface area (Å²) in [6, 6.07) is 4.77. The molecule has 1 aliphatic rings. The minimum atomic E-state index is -0.462. The van der Waals surface area contributed by atoms with E-state index in [1.807, 2.05) is 4.90 Å². The molecule has 0 bridgehead atoms. The van der Waals surface area contributed by atoms with Gasteiger partial charge in [-0.15, -0.1) is 0 Å². The number of methoxy groups -OCH3 is 1. The van der Waals surface area contributed by atoms with Gasteiger partial charge in [-0.25, -0.2) is 0 Å². The molecule has 2 rings (SSSR count). The monoisotopic (exact) mass is 294 g/mol. The normalized spacial score (nSPS) is 17.6. The average molecular weight is 294 g/mol. The Balaban J connectivity index is 2.19. The summed E-state index contributed by atoms with van der Waals surface area (Å²) < 4.78 is 10.1. The van der Waals surface area contributed by atoms with Crippen molar-refractivity contribution in [2.75, 3.05) is 31.7 Å². The first kappa shape index (κ1) is 15.1. The standard InChI is InChI=1S/C14H18N2O5/c1-3-21-13-8-11(4-5-12(13)16(18)19)15-7-6-10(9-15)14(17)20-2/h4-5,8,10H,3,6-7,9H2,1-2H3. The predicted octanol–water partition coefficient (Wildman–Crippen LogP) is 1.99. The maximum Gasteiger partial charge on any atom is 0.311 e. The van der Waals surface area contributed by atoms with Crippen LogP contribution in [0.4, 0.5) is 11.4 Å². The quantitative estimate of drug-likeness (QED) is 0.469. The molecular weight excluding hydrogens is 276 g/mol. The van der Waals surface area contributed by atoms with Crippen LogP contribution >= 0.6 is 0 Å². The Morgan fingerprint density at radius 2 is 2.29 bits per heavy atom. The number of carbonyl (C=O) groups is 1. The molecular formula is C14H18N2O5. The van der Waals surface area contributed by atoms with E-state index in [9.17, 15) is 14.9 Å². The molecule has 0 aromatic heterocycles. The number of rotatable bonds is 5. The third-order valence-electron chi connectivity index (χ3n) is 3.53. The summed E-state index contributed by atoms with van der Waals surface area (Å²) in [6.07, 6.45) is 0.716. The van der Waals surface area contributed by atoms with Crippen molar-refractivity contribution >= 4 is 17.3 Å². The molecule has 7 heteroatoms. The first-order chi connectivity index (χ1) is 10.1. The van der Waals surface area contributed by atoms with Crippen molar-refractivity contribution in [3.05, 3.63) is 28.3 Å². The van der Waals surface area contributed by atoms with Gasteiger partial charge in [-0.1, -0.05) is 0 Å². The van der Waals surface area contributed by atoms with E-state index in [1.54, 1.807) is 19.1 Å². The van der Waals surface area contributed by atoms with Gasteiger partial charge in [0.1, 0.15) is 0 Å². The summed E-state index contributed by atoms with van der Waals surface area (Å²) in [7, 11) is 1.38. The van der Waals surface area contributed by atoms with Crippen molar-refractivity contribution in [2.45, 2.75) is 13.3 Å². The number of anilines is 1. The van der Waals surface area contributed by atoms with Crippen molar-refractivity contribution in [2.24, 2.45) is 5.92 Å². The number of nitro groups is 1. The zero-order valence-corrected chi connectivity index (χ0v) is 12.1. The van der Waals surface area contributed by atoms with Crippen LogP contribution in [0.5, 0.6) is 5.75 Å². The summed E-state index contributed by atoms with van der Waals surface area (Å²) in [5.74, 6) is -0.119. The maximum absolute atomic E-state index is 11.5. The van der Waals surface area contributed by atoms with E-state index >= 15 is 0 Å². The number of ether oxygens (including phenoxy) is 2. The van der Waals surface area contributed by atoms with Crippen LogP contribution in [0.2, 0.25) is 0 Å². The summed E-state index contributed by atoms with van der Waals surface area (Å²) in [4.78, 5) is 24.0. The molecule has 1 unspecified atom stereocenters. The van der Waals surface area contributed by atoms with E-state index in [2.05, 4.69) is 0 Å². The smallest absolute Gasteiger partial charge is 0.311 e. The number of benzene rings is 1. The van der Waals surface area contributed by atoms with Crippen molar-refractivity contribution < 1.29 is 19.2 Å². The molecule has 0 aliphatic carbocycles. The average Bonchev–Trinajstić information content (AvgIpc) is 2.96. The molecule has 0 spiro atoms. The molecule has 1 aromatic carbocycles. The largest absolute Gasteiger partial charge is 0.487 e. The summed E-state index contributed by atoms with van der Waals surface area (Å²) in [5.41, 5.74) is 0.764. The second kappa shape index (κ2) is 6.43. The highest BCUT2D eigenvalue weighted by atomic mass is 16.6. The van der Waals surface area contributed by atoms with Crippen LogP contribution in [-0.2, 0) is 9.53 Å². The Kier molecular flexibility index (Phi) is 4.62. The number of nitrogens with zero attached hydrogens (tertiary/aromatic N) is 2. The fraction of sp³-hybridized carbons (Fsp3) is 0.500. The SMILES string of the molecule is CCOc1cc(N2CCC(C(=O)OC)C2)ccc1[N+](=O)[O-]. The van der Waals surface area contributed by atoms with Crippen LogP contribution < -0.4 is 9.64 Å². The molecule has 7 nitrogen and oxygen atoms in total. The fourth-order valence-electron chi connectivity index (χ4n) is 2.48. The molecule has 0 amide bonds. The van der Waals surface area contributed by atoms with Gasteiger partial charge in [0.2, 0.25) is 0 Å². The van der Waals surface area contributed by atoms with Crippen molar-refractivity contribution in [1.29, 1.82) is 0 Å². The first-order valence-electron chi connectivity index (χ1n) is 6.80. The van der Waals surface area contributed by atoms with Gasteiger partial charge in [0.25, 0.3) is 0 Å². The second-order valence-electron chi connectivity index (χ2n) is 4.80. The van der Waals surface area contributed by atoms with Gasteiger partial charge < -0.3 is 14.4 Å². The summed E-state index contributed by atoms with van der Waals surface area (Å²) in [6.45, 7) is 3.40. The summed E-state index contributed by atoms with van der Waals surface area (Å²) in [5, 5.41) is 11.0. The third kappa shape index (κ3) is 3.24. The second-order valence-corrected chi connectivity index (χ2v) is 4.80. The van der Waals surface area contributed by atoms with Crippen LogP contribution in [0.25, 0.3) is 0 Å². The molecule has 21 heavy (non-hydrogen) atoms. The molecule has 1 fully saturated rings. The van der Waals surface area contributed by atoms with Gasteiger partial charge in [-0.2, -0.15) is 0 Å². The van der Waals surface area contributed by atoms with Crippen LogP contribution in [0.3, 0.4) is 0 Å². The number of esters is 1. The lowest BCUT2D eigenvalue weighted by Gasteiger charge is -2.19. The lowest BCUT2D eigenvalue weighted by molar-refractivity contribution is -0.385. The molecule has 1 atom stereocenters. The number of carbonyl (C=O) groups excluding carboxylic acids is 1. The van der Waals surface area contributed by atoms with E-state index in [0.717, 1.165) is 5.69 Å². The highest BCUT2D eigenvalue weighted by Gasteiger charge is 2.30. The van der Waals surface area contributed by atoms with Crippen LogP contribution in [-0.4, -0.2) is 37.7 Å². The Labute approximate surface area is 122 Å². The van der Waals surface area contributed by atoms with Gasteiger partial charge in [0, 0.05) is 30.9 Å². The Hall–Kier alpha value is -2.31. The third-order valence-corrected chi connectivity index (χ3v) is 3.53. The molecule has 114 valence electrons. The molecule has 0 radical (unpaired) electrons. The van der Waals surface area contributed by atoms with E-state index < -0.39 is 4.92 Å². The van der Waals surface area contributed by atoms with Crippen molar-refractivity contribution in [3.8, 4) is 5.75 Å². The number of nitro benzene ring substituents is 1. The van der Waals surface area contributed by atoms with E-state index in [1.165, 1.54) is 13.2 Å². The topological polar surface area (TPSA) is 81.9 Å². The highest BCUT2D eigenvalue weighted by Crippen LogP contribution is 2.33. The Morgan fingerprint density at radius 1 is 1.52 bits per heavy atom. The molecule has 0 saturated carbocycles. The van der Waals surface area contributed by atoms with Gasteiger partial charge >= 0.3 is 11.7 Å². The summed E-state index contributed by atoms with van der Waals surface area (Å²) >= 11 is 0. The van der Waals surface area contributed by atoms with E-state index in [4.69, 9.17) is 9.47 Å². The van der Waals surface area contributed by atoms with Gasteiger partial charge in [0.15, 0.2) is 5.75 Å². The lowest BCUT2D eigenvalue weighted by atomic mass is 10.1. The van der Waals surface area contributed by atoms with Gasteiger partial charge in [-0.05, 0) is 19.4 Å². The highest BCUT2D eigenvalue weighted by molar-refractivity contribution is 5.74. The Morgan fingerprint density at radius 3 is 2.90 bits per heavy atom. The van der Waals surface area contributed by atoms with Gasteiger partial charge in [-0.3, -0.25) is 14.9 Å². The minimum absolute atomic E-state index is 0.0516. The lowest BCUT2D eigenvalue weighted by Crippen LogP contribution is -2.23. The molecule has 1 heterocycles.